The molecule has 236 valence electrons. The lowest BCUT2D eigenvalue weighted by atomic mass is 9.96. The molecule has 0 aromatic carbocycles. The van der Waals surface area contributed by atoms with Crippen LogP contribution in [0.15, 0.2) is 0 Å². The van der Waals surface area contributed by atoms with Crippen molar-refractivity contribution in [2.75, 3.05) is 46.2 Å². The van der Waals surface area contributed by atoms with E-state index in [1.54, 1.807) is 0 Å². The molecule has 0 aromatic heterocycles. The van der Waals surface area contributed by atoms with Crippen LogP contribution in [0.1, 0.15) is 0 Å². The highest BCUT2D eigenvalue weighted by molar-refractivity contribution is 4.96. The molecule has 0 aliphatic carbocycles. The lowest BCUT2D eigenvalue weighted by Gasteiger charge is -2.48. The molecule has 15 atom stereocenters. The Morgan fingerprint density at radius 3 is 1.45 bits per heavy atom. The molecule has 18 heteroatoms. The van der Waals surface area contributed by atoms with Gasteiger partial charge in [-0.2, -0.15) is 0 Å². The summed E-state index contributed by atoms with van der Waals surface area (Å²) < 4.78 is 37.9. The summed E-state index contributed by atoms with van der Waals surface area (Å²) in [5.41, 5.74) is 5.34. The summed E-state index contributed by atoms with van der Waals surface area (Å²) in [6, 6.07) is 0. The first kappa shape index (κ1) is 33.8. The van der Waals surface area contributed by atoms with Crippen molar-refractivity contribution in [2.24, 2.45) is 5.73 Å². The van der Waals surface area contributed by atoms with Crippen molar-refractivity contribution < 1.29 is 84.2 Å². The minimum Gasteiger partial charge on any atom is -0.394 e. The quantitative estimate of drug-likeness (QED) is 0.0886. The molecule has 0 amide bonds. The molecule has 0 saturated carbocycles. The van der Waals surface area contributed by atoms with Gasteiger partial charge >= 0.3 is 0 Å². The number of hydrogen-bond donors (Lipinski definition) is 11. The zero-order valence-electron chi connectivity index (χ0n) is 21.5. The first-order chi connectivity index (χ1) is 19.1. The average Bonchev–Trinajstić information content (AvgIpc) is 2.95. The predicted molar refractivity (Wildman–Crippen MR) is 125 cm³/mol. The van der Waals surface area contributed by atoms with E-state index in [0.717, 1.165) is 0 Å². The highest BCUT2D eigenvalue weighted by Gasteiger charge is 2.53. The molecular formula is C22H41NO17. The number of ether oxygens (including phenoxy) is 7. The Morgan fingerprint density at radius 1 is 0.500 bits per heavy atom. The van der Waals surface area contributed by atoms with Gasteiger partial charge in [-0.25, -0.2) is 0 Å². The highest BCUT2D eigenvalue weighted by Crippen LogP contribution is 2.32. The second-order valence-corrected chi connectivity index (χ2v) is 9.58. The zero-order valence-corrected chi connectivity index (χ0v) is 21.5. The van der Waals surface area contributed by atoms with Crippen LogP contribution in [0, 0.1) is 0 Å². The van der Waals surface area contributed by atoms with E-state index in [-0.39, 0.29) is 26.4 Å². The number of hydrogen-bond acceptors (Lipinski definition) is 18. The maximum Gasteiger partial charge on any atom is 0.187 e. The SMILES string of the molecule is NCCOCCO[C@H]1OC(CO)[C@@H](O)C(O[C@H]2OC(CO)[C@@H](O)C(O[C@H]3OC(CO)[C@@H](O)C(O)C3O)C2O)C1O. The molecule has 0 radical (unpaired) electrons. The summed E-state index contributed by atoms with van der Waals surface area (Å²) in [6.07, 6.45) is -24.7. The van der Waals surface area contributed by atoms with Gasteiger partial charge in [0.15, 0.2) is 18.9 Å². The van der Waals surface area contributed by atoms with Crippen LogP contribution in [0.4, 0.5) is 0 Å². The van der Waals surface area contributed by atoms with Crippen molar-refractivity contribution in [3.8, 4) is 0 Å². The lowest BCUT2D eigenvalue weighted by molar-refractivity contribution is -0.381. The minimum atomic E-state index is -1.91. The van der Waals surface area contributed by atoms with Crippen molar-refractivity contribution in [3.63, 3.8) is 0 Å². The van der Waals surface area contributed by atoms with Gasteiger partial charge in [-0.1, -0.05) is 0 Å². The smallest absolute Gasteiger partial charge is 0.187 e. The molecule has 12 N–H and O–H groups in total. The fourth-order valence-electron chi connectivity index (χ4n) is 4.58. The van der Waals surface area contributed by atoms with Crippen molar-refractivity contribution >= 4 is 0 Å². The van der Waals surface area contributed by atoms with Crippen LogP contribution in [0.5, 0.6) is 0 Å². The molecule has 40 heavy (non-hydrogen) atoms. The van der Waals surface area contributed by atoms with Crippen LogP contribution < -0.4 is 5.73 Å². The van der Waals surface area contributed by atoms with Crippen molar-refractivity contribution in [1.29, 1.82) is 0 Å². The maximum atomic E-state index is 11.0. The third kappa shape index (κ3) is 7.61. The summed E-state index contributed by atoms with van der Waals surface area (Å²) >= 11 is 0. The van der Waals surface area contributed by atoms with Crippen molar-refractivity contribution in [3.05, 3.63) is 0 Å². The molecule has 3 fully saturated rings. The molecule has 9 unspecified atom stereocenters. The summed E-state index contributed by atoms with van der Waals surface area (Å²) in [6.45, 7) is -1.68. The Kier molecular flexibility index (Phi) is 13.2. The molecule has 0 aromatic rings. The molecule has 18 nitrogen and oxygen atoms in total. The van der Waals surface area contributed by atoms with Gasteiger partial charge in [0.1, 0.15) is 73.2 Å². The predicted octanol–water partition coefficient (Wildman–Crippen LogP) is -7.57. The van der Waals surface area contributed by atoms with E-state index in [9.17, 15) is 51.1 Å². The number of rotatable bonds is 13. The van der Waals surface area contributed by atoms with Crippen LogP contribution in [0.3, 0.4) is 0 Å². The van der Waals surface area contributed by atoms with Crippen molar-refractivity contribution in [1.82, 2.24) is 0 Å². The standard InChI is InChI=1S/C22H41NO17/c23-1-2-34-3-4-35-20-16(32)18(12(28)9(6-25)36-20)40-22-17(33)19(13(29)10(7-26)38-22)39-21-15(31)14(30)11(27)8(5-24)37-21/h8-22,24-33H,1-7,23H2/t8?,9?,10?,11-,12-,13-,14?,15?,16?,17?,18?,19?,20+,21-,22-/m1/s1. The highest BCUT2D eigenvalue weighted by atomic mass is 16.8. The van der Waals surface area contributed by atoms with Gasteiger partial charge in [0, 0.05) is 6.54 Å². The molecule has 3 rings (SSSR count). The second-order valence-electron chi connectivity index (χ2n) is 9.58. The van der Waals surface area contributed by atoms with E-state index >= 15 is 0 Å². The van der Waals surface area contributed by atoms with Gasteiger partial charge < -0.3 is 90.0 Å². The topological polar surface area (TPSA) is 293 Å². The Balaban J connectivity index is 1.74. The molecule has 3 saturated heterocycles. The van der Waals surface area contributed by atoms with E-state index in [4.69, 9.17) is 38.9 Å². The summed E-state index contributed by atoms with van der Waals surface area (Å²) in [4.78, 5) is 0. The number of nitrogens with two attached hydrogens (primary N) is 1. The number of aliphatic hydroxyl groups is 10. The maximum absolute atomic E-state index is 11.0. The van der Waals surface area contributed by atoms with Crippen LogP contribution in [-0.2, 0) is 33.2 Å². The Morgan fingerprint density at radius 2 is 0.950 bits per heavy atom. The van der Waals surface area contributed by atoms with Gasteiger partial charge in [0.05, 0.1) is 39.6 Å². The van der Waals surface area contributed by atoms with E-state index in [0.29, 0.717) is 0 Å². The normalized spacial score (nSPS) is 46.4. The number of aliphatic hydroxyl groups excluding tert-OH is 10. The monoisotopic (exact) mass is 591 g/mol. The van der Waals surface area contributed by atoms with Crippen LogP contribution in [0.2, 0.25) is 0 Å². The third-order valence-electron chi connectivity index (χ3n) is 6.85. The van der Waals surface area contributed by atoms with Gasteiger partial charge in [0.25, 0.3) is 0 Å². The van der Waals surface area contributed by atoms with E-state index in [1.807, 2.05) is 0 Å². The van der Waals surface area contributed by atoms with Crippen LogP contribution >= 0.6 is 0 Å². The van der Waals surface area contributed by atoms with Crippen LogP contribution in [0.25, 0.3) is 0 Å². The van der Waals surface area contributed by atoms with Gasteiger partial charge in [-0.05, 0) is 0 Å². The summed E-state index contributed by atoms with van der Waals surface area (Å²) in [5, 5.41) is 102. The van der Waals surface area contributed by atoms with E-state index < -0.39 is 112 Å². The summed E-state index contributed by atoms with van der Waals surface area (Å²) in [7, 11) is 0. The van der Waals surface area contributed by atoms with Gasteiger partial charge in [0.2, 0.25) is 0 Å². The largest absolute Gasteiger partial charge is 0.394 e. The molecule has 0 bridgehead atoms. The first-order valence-electron chi connectivity index (χ1n) is 12.8. The minimum absolute atomic E-state index is 0.0565. The Labute approximate surface area is 228 Å². The van der Waals surface area contributed by atoms with E-state index in [1.165, 1.54) is 0 Å². The fourth-order valence-corrected chi connectivity index (χ4v) is 4.58. The third-order valence-corrected chi connectivity index (χ3v) is 6.85. The van der Waals surface area contributed by atoms with Gasteiger partial charge in [-0.3, -0.25) is 0 Å². The Hall–Kier alpha value is -0.720. The molecule has 3 heterocycles. The van der Waals surface area contributed by atoms with Crippen LogP contribution in [-0.4, -0.2) is 189 Å². The van der Waals surface area contributed by atoms with Crippen molar-refractivity contribution in [2.45, 2.75) is 92.1 Å². The van der Waals surface area contributed by atoms with Gasteiger partial charge in [-0.15, -0.1) is 0 Å². The first-order valence-corrected chi connectivity index (χ1v) is 12.8. The Bertz CT molecular complexity index is 737. The fraction of sp³-hybridized carbons (Fsp3) is 1.00. The second kappa shape index (κ2) is 15.7. The summed E-state index contributed by atoms with van der Waals surface area (Å²) in [5.74, 6) is 0. The average molecular weight is 592 g/mol. The molecular weight excluding hydrogens is 550 g/mol. The zero-order chi connectivity index (χ0) is 29.6. The molecule has 3 aliphatic rings. The lowest BCUT2D eigenvalue weighted by Crippen LogP contribution is -2.67. The molecule has 0 spiro atoms. The van der Waals surface area contributed by atoms with E-state index in [2.05, 4.69) is 0 Å². The molecule has 3 aliphatic heterocycles.